The van der Waals surface area contributed by atoms with Gasteiger partial charge in [-0.3, -0.25) is 4.90 Å². The average Bonchev–Trinajstić information content (AvgIpc) is 3.02. The van der Waals surface area contributed by atoms with Gasteiger partial charge in [-0.25, -0.2) is 0 Å². The standard InChI is InChI=1S/C19H28N2/c1-17-5-7-18(8-6-17)19-9-15-21(16-10-19)14-4-13-20-11-2-3-12-20/h5-9H,2-4,10-16H2,1H3. The minimum atomic E-state index is 1.13. The molecule has 2 aliphatic rings. The highest BCUT2D eigenvalue weighted by Gasteiger charge is 2.14. The molecule has 0 bridgehead atoms. The van der Waals surface area contributed by atoms with Crippen molar-refractivity contribution in [2.45, 2.75) is 32.6 Å². The second-order valence-corrected chi connectivity index (χ2v) is 6.55. The van der Waals surface area contributed by atoms with Gasteiger partial charge in [0.2, 0.25) is 0 Å². The number of nitrogens with zero attached hydrogens (tertiary/aromatic N) is 2. The van der Waals surface area contributed by atoms with Crippen LogP contribution in [0.1, 0.15) is 36.8 Å². The first kappa shape index (κ1) is 14.8. The van der Waals surface area contributed by atoms with Crippen molar-refractivity contribution in [1.82, 2.24) is 9.80 Å². The van der Waals surface area contributed by atoms with Crippen molar-refractivity contribution < 1.29 is 0 Å². The molecule has 2 aliphatic heterocycles. The smallest absolute Gasteiger partial charge is 0.0169 e. The lowest BCUT2D eigenvalue weighted by atomic mass is 9.98. The Kier molecular flexibility index (Phi) is 5.10. The van der Waals surface area contributed by atoms with Crippen LogP contribution in [0.4, 0.5) is 0 Å². The summed E-state index contributed by atoms with van der Waals surface area (Å²) in [6.45, 7) is 9.72. The van der Waals surface area contributed by atoms with Crippen LogP contribution in [0.15, 0.2) is 30.3 Å². The van der Waals surface area contributed by atoms with Crippen LogP contribution in [-0.4, -0.2) is 49.1 Å². The van der Waals surface area contributed by atoms with Crippen LogP contribution >= 0.6 is 0 Å². The van der Waals surface area contributed by atoms with Gasteiger partial charge in [0.15, 0.2) is 0 Å². The van der Waals surface area contributed by atoms with E-state index in [0.29, 0.717) is 0 Å². The van der Waals surface area contributed by atoms with E-state index < -0.39 is 0 Å². The third kappa shape index (κ3) is 4.18. The zero-order valence-corrected chi connectivity index (χ0v) is 13.4. The summed E-state index contributed by atoms with van der Waals surface area (Å²) >= 11 is 0. The lowest BCUT2D eigenvalue weighted by molar-refractivity contribution is 0.262. The van der Waals surface area contributed by atoms with Crippen molar-refractivity contribution in [2.75, 3.05) is 39.3 Å². The first-order chi connectivity index (χ1) is 10.3. The molecule has 2 heteroatoms. The Labute approximate surface area is 129 Å². The molecule has 0 radical (unpaired) electrons. The van der Waals surface area contributed by atoms with Crippen molar-refractivity contribution in [3.05, 3.63) is 41.5 Å². The van der Waals surface area contributed by atoms with Crippen molar-refractivity contribution >= 4 is 5.57 Å². The number of hydrogen-bond donors (Lipinski definition) is 0. The third-order valence-electron chi connectivity index (χ3n) is 4.86. The predicted octanol–water partition coefficient (Wildman–Crippen LogP) is 3.57. The van der Waals surface area contributed by atoms with Crippen LogP contribution in [0.5, 0.6) is 0 Å². The first-order valence-electron chi connectivity index (χ1n) is 8.52. The van der Waals surface area contributed by atoms with Crippen LogP contribution in [-0.2, 0) is 0 Å². The molecule has 0 atom stereocenters. The molecule has 2 nitrogen and oxygen atoms in total. The molecule has 1 fully saturated rings. The van der Waals surface area contributed by atoms with Crippen LogP contribution in [0, 0.1) is 6.92 Å². The molecule has 0 aromatic heterocycles. The summed E-state index contributed by atoms with van der Waals surface area (Å²) in [7, 11) is 0. The largest absolute Gasteiger partial charge is 0.303 e. The molecule has 1 saturated heterocycles. The van der Waals surface area contributed by atoms with Gasteiger partial charge in [0.1, 0.15) is 0 Å². The molecule has 114 valence electrons. The number of aryl methyl sites for hydroxylation is 1. The minimum Gasteiger partial charge on any atom is -0.303 e. The SMILES string of the molecule is Cc1ccc(C2=CCN(CCCN3CCCC3)CC2)cc1. The van der Waals surface area contributed by atoms with E-state index in [2.05, 4.69) is 47.1 Å². The van der Waals surface area contributed by atoms with Crippen LogP contribution < -0.4 is 0 Å². The van der Waals surface area contributed by atoms with E-state index in [-0.39, 0.29) is 0 Å². The van der Waals surface area contributed by atoms with Gasteiger partial charge < -0.3 is 4.90 Å². The van der Waals surface area contributed by atoms with E-state index in [1.54, 1.807) is 0 Å². The Morgan fingerprint density at radius 2 is 1.62 bits per heavy atom. The summed E-state index contributed by atoms with van der Waals surface area (Å²) < 4.78 is 0. The molecular formula is C19H28N2. The van der Waals surface area contributed by atoms with Gasteiger partial charge in [0, 0.05) is 13.1 Å². The Hall–Kier alpha value is -1.12. The quantitative estimate of drug-likeness (QED) is 0.815. The molecule has 1 aromatic carbocycles. The van der Waals surface area contributed by atoms with Crippen molar-refractivity contribution in [3.8, 4) is 0 Å². The molecular weight excluding hydrogens is 256 g/mol. The monoisotopic (exact) mass is 284 g/mol. The molecule has 2 heterocycles. The van der Waals surface area contributed by atoms with Gasteiger partial charge in [0.25, 0.3) is 0 Å². The van der Waals surface area contributed by atoms with Crippen LogP contribution in [0.3, 0.4) is 0 Å². The first-order valence-corrected chi connectivity index (χ1v) is 8.52. The highest BCUT2D eigenvalue weighted by Crippen LogP contribution is 2.22. The predicted molar refractivity (Wildman–Crippen MR) is 90.5 cm³/mol. The average molecular weight is 284 g/mol. The Morgan fingerprint density at radius 1 is 0.905 bits per heavy atom. The second kappa shape index (κ2) is 7.24. The molecule has 0 aliphatic carbocycles. The summed E-state index contributed by atoms with van der Waals surface area (Å²) in [5.74, 6) is 0. The van der Waals surface area contributed by atoms with Gasteiger partial charge in [-0.1, -0.05) is 35.9 Å². The number of likely N-dealkylation sites (tertiary alicyclic amines) is 1. The molecule has 0 amide bonds. The normalized spacial score (nSPS) is 20.7. The second-order valence-electron chi connectivity index (χ2n) is 6.55. The molecule has 0 unspecified atom stereocenters. The van der Waals surface area contributed by atoms with E-state index in [1.165, 1.54) is 75.1 Å². The zero-order valence-electron chi connectivity index (χ0n) is 13.4. The van der Waals surface area contributed by atoms with Crippen molar-refractivity contribution in [1.29, 1.82) is 0 Å². The van der Waals surface area contributed by atoms with E-state index in [4.69, 9.17) is 0 Å². The van der Waals surface area contributed by atoms with E-state index >= 15 is 0 Å². The highest BCUT2D eigenvalue weighted by atomic mass is 15.2. The maximum atomic E-state index is 2.62. The van der Waals surface area contributed by atoms with E-state index in [0.717, 1.165) is 6.54 Å². The molecule has 21 heavy (non-hydrogen) atoms. The molecule has 0 N–H and O–H groups in total. The Balaban J connectivity index is 1.44. The summed E-state index contributed by atoms with van der Waals surface area (Å²) in [6, 6.07) is 8.98. The minimum absolute atomic E-state index is 1.13. The van der Waals surface area contributed by atoms with Crippen molar-refractivity contribution in [3.63, 3.8) is 0 Å². The maximum absolute atomic E-state index is 2.62. The number of rotatable bonds is 5. The zero-order chi connectivity index (χ0) is 14.5. The molecule has 1 aromatic rings. The van der Waals surface area contributed by atoms with Crippen LogP contribution in [0.2, 0.25) is 0 Å². The molecule has 0 spiro atoms. The fourth-order valence-corrected chi connectivity index (χ4v) is 3.47. The summed E-state index contributed by atoms with van der Waals surface area (Å²) in [4.78, 5) is 5.23. The fourth-order valence-electron chi connectivity index (χ4n) is 3.47. The summed E-state index contributed by atoms with van der Waals surface area (Å²) in [6.07, 6.45) is 7.78. The Morgan fingerprint density at radius 3 is 2.29 bits per heavy atom. The lowest BCUT2D eigenvalue weighted by Crippen LogP contribution is -2.32. The number of hydrogen-bond acceptors (Lipinski definition) is 2. The lowest BCUT2D eigenvalue weighted by Gasteiger charge is -2.27. The van der Waals surface area contributed by atoms with Gasteiger partial charge >= 0.3 is 0 Å². The molecule has 3 rings (SSSR count). The molecule has 0 saturated carbocycles. The van der Waals surface area contributed by atoms with E-state index in [1.807, 2.05) is 0 Å². The van der Waals surface area contributed by atoms with Crippen molar-refractivity contribution in [2.24, 2.45) is 0 Å². The van der Waals surface area contributed by atoms with Gasteiger partial charge in [-0.15, -0.1) is 0 Å². The fraction of sp³-hybridized carbons (Fsp3) is 0.579. The van der Waals surface area contributed by atoms with Gasteiger partial charge in [-0.2, -0.15) is 0 Å². The van der Waals surface area contributed by atoms with E-state index in [9.17, 15) is 0 Å². The summed E-state index contributed by atoms with van der Waals surface area (Å²) in [5.41, 5.74) is 4.29. The third-order valence-corrected chi connectivity index (χ3v) is 4.86. The maximum Gasteiger partial charge on any atom is 0.0169 e. The summed E-state index contributed by atoms with van der Waals surface area (Å²) in [5, 5.41) is 0. The highest BCUT2D eigenvalue weighted by molar-refractivity contribution is 5.66. The topological polar surface area (TPSA) is 6.48 Å². The van der Waals surface area contributed by atoms with Crippen LogP contribution in [0.25, 0.3) is 5.57 Å². The van der Waals surface area contributed by atoms with Gasteiger partial charge in [0.05, 0.1) is 0 Å². The Bertz CT molecular complexity index is 469. The van der Waals surface area contributed by atoms with Gasteiger partial charge in [-0.05, 0) is 69.9 Å². The number of benzene rings is 1.